The number of aryl methyl sites for hydroxylation is 1. The molecule has 0 unspecified atom stereocenters. The van der Waals surface area contributed by atoms with Gasteiger partial charge in [0.2, 0.25) is 0 Å². The largest absolute Gasteiger partial charge is 0.486 e. The van der Waals surface area contributed by atoms with Crippen molar-refractivity contribution in [3.05, 3.63) is 79.7 Å². The lowest BCUT2D eigenvalue weighted by Gasteiger charge is -2.25. The minimum Gasteiger partial charge on any atom is -0.486 e. The predicted molar refractivity (Wildman–Crippen MR) is 145 cm³/mol. The summed E-state index contributed by atoms with van der Waals surface area (Å²) in [6.07, 6.45) is 4.85. The fourth-order valence-corrected chi connectivity index (χ4v) is 4.68. The Kier molecular flexibility index (Phi) is 8.01. The van der Waals surface area contributed by atoms with Crippen molar-refractivity contribution in [3.63, 3.8) is 0 Å². The van der Waals surface area contributed by atoms with Crippen LogP contribution in [0.2, 0.25) is 0 Å². The van der Waals surface area contributed by atoms with Gasteiger partial charge in [-0.25, -0.2) is 14.6 Å². The molecule has 9 nitrogen and oxygen atoms in total. The van der Waals surface area contributed by atoms with E-state index in [2.05, 4.69) is 15.8 Å². The van der Waals surface area contributed by atoms with E-state index < -0.39 is 11.6 Å². The molecule has 2 aromatic heterocycles. The molecular formula is C28H31N3O6S. The van der Waals surface area contributed by atoms with Crippen LogP contribution in [0.3, 0.4) is 0 Å². The monoisotopic (exact) mass is 537 g/mol. The highest BCUT2D eigenvalue weighted by molar-refractivity contribution is 7.09. The first kappa shape index (κ1) is 27.1. The average Bonchev–Trinajstić information content (AvgIpc) is 3.35. The van der Waals surface area contributed by atoms with E-state index in [1.807, 2.05) is 39.0 Å². The Balaban J connectivity index is 1.41. The maximum atomic E-state index is 12.9. The summed E-state index contributed by atoms with van der Waals surface area (Å²) in [5, 5.41) is 2.22. The fraction of sp³-hybridized carbons (Fsp3) is 0.357. The Bertz CT molecular complexity index is 1430. The van der Waals surface area contributed by atoms with Crippen molar-refractivity contribution in [2.45, 2.75) is 52.4 Å². The summed E-state index contributed by atoms with van der Waals surface area (Å²) in [6, 6.07) is 9.30. The van der Waals surface area contributed by atoms with E-state index in [9.17, 15) is 14.4 Å². The molecule has 0 spiro atoms. The number of pyridine rings is 1. The van der Waals surface area contributed by atoms with Gasteiger partial charge in [-0.05, 0) is 62.4 Å². The summed E-state index contributed by atoms with van der Waals surface area (Å²) in [7, 11) is 3.03. The van der Waals surface area contributed by atoms with Gasteiger partial charge in [0.25, 0.3) is 5.56 Å². The average molecular weight is 538 g/mol. The summed E-state index contributed by atoms with van der Waals surface area (Å²) in [4.78, 5) is 42.4. The van der Waals surface area contributed by atoms with Gasteiger partial charge in [-0.1, -0.05) is 18.2 Å². The van der Waals surface area contributed by atoms with Crippen LogP contribution in [0.4, 0.5) is 4.79 Å². The molecule has 0 saturated carbocycles. The Labute approximate surface area is 225 Å². The number of fused-ring (bicyclic) bond motifs is 1. The highest BCUT2D eigenvalue weighted by Gasteiger charge is 2.20. The van der Waals surface area contributed by atoms with E-state index in [0.29, 0.717) is 23.7 Å². The molecule has 0 aliphatic heterocycles. The van der Waals surface area contributed by atoms with Gasteiger partial charge in [0.15, 0.2) is 5.69 Å². The van der Waals surface area contributed by atoms with Gasteiger partial charge in [0.1, 0.15) is 23.0 Å². The first-order chi connectivity index (χ1) is 18.0. The van der Waals surface area contributed by atoms with Crippen LogP contribution in [0.1, 0.15) is 59.4 Å². The predicted octanol–water partition coefficient (Wildman–Crippen LogP) is 4.98. The topological polar surface area (TPSA) is 100.0 Å². The van der Waals surface area contributed by atoms with Gasteiger partial charge < -0.3 is 19.1 Å². The SMILES string of the molecule is COC(=O)c1csc(COc2ccn(C3=Cc4ccc(CN(C)C(=O)OC(C)(C)C)cc4CC3)c(=O)c2)n1. The lowest BCUT2D eigenvalue weighted by atomic mass is 9.93. The van der Waals surface area contributed by atoms with E-state index in [1.54, 1.807) is 34.2 Å². The number of rotatable bonds is 7. The number of allylic oxidation sites excluding steroid dienone is 1. The quantitative estimate of drug-likeness (QED) is 0.392. The van der Waals surface area contributed by atoms with Crippen molar-refractivity contribution in [2.24, 2.45) is 0 Å². The summed E-state index contributed by atoms with van der Waals surface area (Å²) in [5.74, 6) is -0.0709. The first-order valence-electron chi connectivity index (χ1n) is 12.2. The standard InChI is InChI=1S/C28H31N3O6S/c1-28(2,3)37-27(34)30(4)15-18-6-7-20-13-21(9-8-19(20)12-18)31-11-10-22(14-25(31)32)36-16-24-29-23(17-38-24)26(33)35-5/h6-7,10-14,17H,8-9,15-16H2,1-5H3. The van der Waals surface area contributed by atoms with Crippen LogP contribution in [0, 0.1) is 0 Å². The molecule has 1 aromatic carbocycles. The second-order valence-corrected chi connectivity index (χ2v) is 10.9. The Hall–Kier alpha value is -3.92. The summed E-state index contributed by atoms with van der Waals surface area (Å²) < 4.78 is 17.4. The normalized spacial score (nSPS) is 12.8. The number of amides is 1. The number of hydrogen-bond donors (Lipinski definition) is 0. The molecule has 200 valence electrons. The van der Waals surface area contributed by atoms with Crippen molar-refractivity contribution in [1.29, 1.82) is 0 Å². The number of hydrogen-bond acceptors (Lipinski definition) is 8. The third kappa shape index (κ3) is 6.69. The number of ether oxygens (including phenoxy) is 3. The van der Waals surface area contributed by atoms with Crippen LogP contribution in [0.25, 0.3) is 11.8 Å². The summed E-state index contributed by atoms with van der Waals surface area (Å²) in [5.41, 5.74) is 3.64. The van der Waals surface area contributed by atoms with Gasteiger partial charge in [0, 0.05) is 36.9 Å². The molecule has 0 atom stereocenters. The van der Waals surface area contributed by atoms with Gasteiger partial charge in [-0.2, -0.15) is 0 Å². The number of esters is 1. The molecule has 1 aliphatic carbocycles. The van der Waals surface area contributed by atoms with E-state index in [-0.39, 0.29) is 24.0 Å². The lowest BCUT2D eigenvalue weighted by molar-refractivity contribution is 0.0285. The minimum absolute atomic E-state index is 0.145. The fourth-order valence-electron chi connectivity index (χ4n) is 4.01. The highest BCUT2D eigenvalue weighted by atomic mass is 32.1. The van der Waals surface area contributed by atoms with Crippen molar-refractivity contribution < 1.29 is 23.8 Å². The van der Waals surface area contributed by atoms with Crippen molar-refractivity contribution in [3.8, 4) is 5.75 Å². The Morgan fingerprint density at radius 3 is 2.66 bits per heavy atom. The van der Waals surface area contributed by atoms with Crippen LogP contribution in [-0.4, -0.2) is 46.3 Å². The molecule has 3 aromatic rings. The molecular weight excluding hydrogens is 506 g/mol. The van der Waals surface area contributed by atoms with E-state index in [0.717, 1.165) is 23.2 Å². The van der Waals surface area contributed by atoms with E-state index in [4.69, 9.17) is 9.47 Å². The molecule has 0 fully saturated rings. The number of nitrogens with zero attached hydrogens (tertiary/aromatic N) is 3. The van der Waals surface area contributed by atoms with Gasteiger partial charge in [-0.3, -0.25) is 9.36 Å². The van der Waals surface area contributed by atoms with Crippen molar-refractivity contribution >= 4 is 35.2 Å². The van der Waals surface area contributed by atoms with Crippen molar-refractivity contribution in [1.82, 2.24) is 14.5 Å². The minimum atomic E-state index is -0.540. The highest BCUT2D eigenvalue weighted by Crippen LogP contribution is 2.28. The number of thiazole rings is 1. The zero-order valence-corrected chi connectivity index (χ0v) is 23.0. The molecule has 2 heterocycles. The molecule has 38 heavy (non-hydrogen) atoms. The van der Waals surface area contributed by atoms with Gasteiger partial charge in [-0.15, -0.1) is 11.3 Å². The summed E-state index contributed by atoms with van der Waals surface area (Å²) >= 11 is 1.29. The molecule has 10 heteroatoms. The third-order valence-corrected chi connectivity index (χ3v) is 6.64. The lowest BCUT2D eigenvalue weighted by Crippen LogP contribution is -2.33. The number of benzene rings is 1. The number of methoxy groups -OCH3 is 1. The van der Waals surface area contributed by atoms with Crippen LogP contribution in [0.15, 0.2) is 46.7 Å². The van der Waals surface area contributed by atoms with Crippen LogP contribution in [-0.2, 0) is 29.0 Å². The Morgan fingerprint density at radius 1 is 1.16 bits per heavy atom. The molecule has 0 saturated heterocycles. The van der Waals surface area contributed by atoms with Crippen LogP contribution < -0.4 is 10.3 Å². The molecule has 0 radical (unpaired) electrons. The second kappa shape index (κ2) is 11.2. The van der Waals surface area contributed by atoms with Gasteiger partial charge in [0.05, 0.1) is 7.11 Å². The zero-order chi connectivity index (χ0) is 27.4. The van der Waals surface area contributed by atoms with E-state index >= 15 is 0 Å². The molecule has 1 aliphatic rings. The molecule has 0 N–H and O–H groups in total. The Morgan fingerprint density at radius 2 is 1.95 bits per heavy atom. The summed E-state index contributed by atoms with van der Waals surface area (Å²) in [6.45, 7) is 6.13. The number of carbonyl (C=O) groups is 2. The smallest absolute Gasteiger partial charge is 0.410 e. The number of aromatic nitrogens is 2. The first-order valence-corrected chi connectivity index (χ1v) is 13.1. The van der Waals surface area contributed by atoms with Crippen LogP contribution in [0.5, 0.6) is 5.75 Å². The maximum Gasteiger partial charge on any atom is 0.410 e. The number of carbonyl (C=O) groups excluding carboxylic acids is 2. The zero-order valence-electron chi connectivity index (χ0n) is 22.1. The van der Waals surface area contributed by atoms with Gasteiger partial charge >= 0.3 is 12.1 Å². The van der Waals surface area contributed by atoms with Crippen molar-refractivity contribution in [2.75, 3.05) is 14.2 Å². The van der Waals surface area contributed by atoms with Crippen LogP contribution >= 0.6 is 11.3 Å². The molecule has 1 amide bonds. The molecule has 4 rings (SSSR count). The second-order valence-electron chi connectivity index (χ2n) is 9.98. The van der Waals surface area contributed by atoms with E-state index in [1.165, 1.54) is 30.1 Å². The molecule has 0 bridgehead atoms. The third-order valence-electron chi connectivity index (χ3n) is 5.81. The maximum absolute atomic E-state index is 12.9.